The smallest absolute Gasteiger partial charge is 0.243 e. The number of hydrogen-bond acceptors (Lipinski definition) is 4. The minimum absolute atomic E-state index is 0.0543. The lowest BCUT2D eigenvalue weighted by atomic mass is 10.1. The van der Waals surface area contributed by atoms with Crippen LogP contribution < -0.4 is 5.32 Å². The van der Waals surface area contributed by atoms with Crippen molar-refractivity contribution in [1.29, 1.82) is 0 Å². The number of nitrogens with one attached hydrogen (secondary N) is 1. The summed E-state index contributed by atoms with van der Waals surface area (Å²) in [5, 5.41) is 3.13. The first kappa shape index (κ1) is 15.2. The third-order valence-electron chi connectivity index (χ3n) is 3.37. The molecule has 1 heterocycles. The van der Waals surface area contributed by atoms with Crippen LogP contribution in [-0.4, -0.2) is 44.7 Å². The maximum Gasteiger partial charge on any atom is 0.243 e. The van der Waals surface area contributed by atoms with Gasteiger partial charge in [-0.05, 0) is 18.6 Å². The topological polar surface area (TPSA) is 66.5 Å². The molecule has 1 fully saturated rings. The van der Waals surface area contributed by atoms with Gasteiger partial charge in [-0.2, -0.15) is 4.31 Å². The highest BCUT2D eigenvalue weighted by Crippen LogP contribution is 2.17. The van der Waals surface area contributed by atoms with E-state index in [0.29, 0.717) is 38.2 Å². The molecule has 0 radical (unpaired) electrons. The van der Waals surface area contributed by atoms with E-state index in [4.69, 9.17) is 0 Å². The fourth-order valence-electron chi connectivity index (χ4n) is 2.22. The van der Waals surface area contributed by atoms with Gasteiger partial charge >= 0.3 is 0 Å². The van der Waals surface area contributed by atoms with Crippen LogP contribution in [0.2, 0.25) is 0 Å². The molecule has 1 aromatic carbocycles. The number of carbonyl (C=O) groups is 1. The molecule has 1 aliphatic rings. The Labute approximate surface area is 120 Å². The fourth-order valence-corrected chi connectivity index (χ4v) is 3.66. The van der Waals surface area contributed by atoms with E-state index in [0.717, 1.165) is 6.42 Å². The third-order valence-corrected chi connectivity index (χ3v) is 5.28. The number of sulfonamides is 1. The molecule has 0 aliphatic carbocycles. The molecule has 0 bridgehead atoms. The predicted octanol–water partition coefficient (Wildman–Crippen LogP) is 1.26. The van der Waals surface area contributed by atoms with Crippen molar-refractivity contribution in [3.8, 4) is 0 Å². The molecule has 0 unspecified atom stereocenters. The Morgan fingerprint density at radius 3 is 2.35 bits per heavy atom. The first-order valence-corrected chi connectivity index (χ1v) is 8.34. The summed E-state index contributed by atoms with van der Waals surface area (Å²) in [5.74, 6) is 0.0543. The van der Waals surface area contributed by atoms with E-state index in [9.17, 15) is 13.2 Å². The van der Waals surface area contributed by atoms with Crippen LogP contribution in [0, 0.1) is 0 Å². The van der Waals surface area contributed by atoms with Gasteiger partial charge in [0.15, 0.2) is 5.78 Å². The molecule has 0 atom stereocenters. The maximum absolute atomic E-state index is 12.4. The summed E-state index contributed by atoms with van der Waals surface area (Å²) in [6.45, 7) is 4.26. The Hall–Kier alpha value is -1.24. The van der Waals surface area contributed by atoms with Crippen LogP contribution in [0.15, 0.2) is 29.2 Å². The minimum Gasteiger partial charge on any atom is -0.314 e. The van der Waals surface area contributed by atoms with E-state index in [1.54, 1.807) is 12.1 Å². The zero-order valence-electron chi connectivity index (χ0n) is 11.6. The number of benzene rings is 1. The van der Waals surface area contributed by atoms with Crippen molar-refractivity contribution < 1.29 is 13.2 Å². The number of carbonyl (C=O) groups excluding carboxylic acids is 1. The molecule has 0 saturated carbocycles. The van der Waals surface area contributed by atoms with Crippen molar-refractivity contribution >= 4 is 15.8 Å². The van der Waals surface area contributed by atoms with Crippen LogP contribution in [0.4, 0.5) is 0 Å². The first-order valence-electron chi connectivity index (χ1n) is 6.90. The van der Waals surface area contributed by atoms with Crippen LogP contribution in [0.25, 0.3) is 0 Å². The molecule has 110 valence electrons. The maximum atomic E-state index is 12.4. The molecule has 1 saturated heterocycles. The Bertz CT molecular complexity index is 561. The highest BCUT2D eigenvalue weighted by atomic mass is 32.2. The number of rotatable bonds is 5. The quantitative estimate of drug-likeness (QED) is 0.831. The molecule has 2 rings (SSSR count). The number of piperazine rings is 1. The molecule has 1 aromatic rings. The molecular weight excluding hydrogens is 276 g/mol. The highest BCUT2D eigenvalue weighted by Gasteiger charge is 2.25. The van der Waals surface area contributed by atoms with Gasteiger partial charge in [-0.25, -0.2) is 8.42 Å². The average molecular weight is 296 g/mol. The van der Waals surface area contributed by atoms with Crippen molar-refractivity contribution in [2.75, 3.05) is 26.2 Å². The molecule has 1 aliphatic heterocycles. The zero-order valence-corrected chi connectivity index (χ0v) is 12.4. The Kier molecular flexibility index (Phi) is 4.91. The van der Waals surface area contributed by atoms with Crippen molar-refractivity contribution in [1.82, 2.24) is 9.62 Å². The lowest BCUT2D eigenvalue weighted by Crippen LogP contribution is -2.46. The summed E-state index contributed by atoms with van der Waals surface area (Å²) in [7, 11) is -3.43. The molecule has 5 nitrogen and oxygen atoms in total. The van der Waals surface area contributed by atoms with Crippen LogP contribution in [0.3, 0.4) is 0 Å². The van der Waals surface area contributed by atoms with Gasteiger partial charge in [0.25, 0.3) is 0 Å². The minimum atomic E-state index is -3.43. The van der Waals surface area contributed by atoms with Gasteiger partial charge in [0, 0.05) is 38.2 Å². The van der Waals surface area contributed by atoms with Gasteiger partial charge in [0.1, 0.15) is 0 Å². The fraction of sp³-hybridized carbons (Fsp3) is 0.500. The van der Waals surface area contributed by atoms with Gasteiger partial charge in [-0.15, -0.1) is 0 Å². The van der Waals surface area contributed by atoms with Gasteiger partial charge in [-0.3, -0.25) is 4.79 Å². The summed E-state index contributed by atoms with van der Waals surface area (Å²) in [6.07, 6.45) is 1.28. The Balaban J connectivity index is 2.18. The summed E-state index contributed by atoms with van der Waals surface area (Å²) in [5.41, 5.74) is 0.575. The van der Waals surface area contributed by atoms with Crippen LogP contribution in [0.1, 0.15) is 30.1 Å². The van der Waals surface area contributed by atoms with Crippen molar-refractivity contribution in [2.24, 2.45) is 0 Å². The average Bonchev–Trinajstić information content (AvgIpc) is 2.48. The third kappa shape index (κ3) is 3.26. The van der Waals surface area contributed by atoms with Crippen LogP contribution in [0.5, 0.6) is 0 Å². The number of Topliss-reactive ketones (excluding diaryl/α,β-unsaturated/α-hetero) is 1. The van der Waals surface area contributed by atoms with Crippen molar-refractivity contribution in [3.63, 3.8) is 0 Å². The number of nitrogens with zero attached hydrogens (tertiary/aromatic N) is 1. The first-order chi connectivity index (χ1) is 9.55. The Morgan fingerprint density at radius 1 is 1.20 bits per heavy atom. The van der Waals surface area contributed by atoms with Gasteiger partial charge in [0.2, 0.25) is 10.0 Å². The number of ketones is 1. The van der Waals surface area contributed by atoms with E-state index in [1.807, 2.05) is 6.92 Å². The van der Waals surface area contributed by atoms with Gasteiger partial charge in [-0.1, -0.05) is 19.1 Å². The summed E-state index contributed by atoms with van der Waals surface area (Å²) >= 11 is 0. The van der Waals surface area contributed by atoms with E-state index in [1.165, 1.54) is 16.4 Å². The van der Waals surface area contributed by atoms with Crippen molar-refractivity contribution in [2.45, 2.75) is 24.7 Å². The monoisotopic (exact) mass is 296 g/mol. The molecular formula is C14H20N2O3S. The second kappa shape index (κ2) is 6.47. The molecule has 0 spiro atoms. The highest BCUT2D eigenvalue weighted by molar-refractivity contribution is 7.89. The second-order valence-electron chi connectivity index (χ2n) is 4.85. The lowest BCUT2D eigenvalue weighted by Gasteiger charge is -2.26. The van der Waals surface area contributed by atoms with Gasteiger partial charge < -0.3 is 5.32 Å². The van der Waals surface area contributed by atoms with E-state index in [2.05, 4.69) is 5.32 Å². The van der Waals surface area contributed by atoms with Crippen LogP contribution in [-0.2, 0) is 10.0 Å². The summed E-state index contributed by atoms with van der Waals surface area (Å²) < 4.78 is 26.3. The lowest BCUT2D eigenvalue weighted by molar-refractivity contribution is 0.0981. The van der Waals surface area contributed by atoms with E-state index in [-0.39, 0.29) is 10.7 Å². The largest absolute Gasteiger partial charge is 0.314 e. The summed E-state index contributed by atoms with van der Waals surface area (Å²) in [6, 6.07) is 6.26. The molecule has 20 heavy (non-hydrogen) atoms. The zero-order chi connectivity index (χ0) is 14.6. The van der Waals surface area contributed by atoms with Gasteiger partial charge in [0.05, 0.1) is 4.90 Å². The predicted molar refractivity (Wildman–Crippen MR) is 77.3 cm³/mol. The number of hydrogen-bond donors (Lipinski definition) is 1. The normalized spacial score (nSPS) is 17.1. The SMILES string of the molecule is CCCC(=O)c1ccc(S(=O)(=O)N2CCNCC2)cc1. The Morgan fingerprint density at radius 2 is 1.80 bits per heavy atom. The molecule has 6 heteroatoms. The summed E-state index contributed by atoms with van der Waals surface area (Å²) in [4.78, 5) is 12.0. The van der Waals surface area contributed by atoms with Crippen LogP contribution >= 0.6 is 0 Å². The molecule has 1 N–H and O–H groups in total. The van der Waals surface area contributed by atoms with E-state index >= 15 is 0 Å². The second-order valence-corrected chi connectivity index (χ2v) is 6.79. The molecule has 0 amide bonds. The standard InChI is InChI=1S/C14H20N2O3S/c1-2-3-14(17)12-4-6-13(7-5-12)20(18,19)16-10-8-15-9-11-16/h4-7,15H,2-3,8-11H2,1H3. The van der Waals surface area contributed by atoms with Crippen molar-refractivity contribution in [3.05, 3.63) is 29.8 Å². The van der Waals surface area contributed by atoms with E-state index < -0.39 is 10.0 Å². The molecule has 0 aromatic heterocycles.